The number of fused-ring (bicyclic) bond motifs is 1. The predicted octanol–water partition coefficient (Wildman–Crippen LogP) is 6.29. The molecule has 1 aliphatic rings. The highest BCUT2D eigenvalue weighted by Crippen LogP contribution is 2.43. The number of ether oxygens (including phenoxy) is 3. The molecule has 0 saturated heterocycles. The lowest BCUT2D eigenvalue weighted by molar-refractivity contribution is -0.138. The molecule has 38 heavy (non-hydrogen) atoms. The zero-order chi connectivity index (χ0) is 27.2. The van der Waals surface area contributed by atoms with E-state index in [1.54, 1.807) is 35.9 Å². The Kier molecular flexibility index (Phi) is 9.11. The molecule has 0 radical (unpaired) electrons. The summed E-state index contributed by atoms with van der Waals surface area (Å²) >= 11 is 5.12. The number of rotatable bonds is 11. The Labute approximate surface area is 233 Å². The molecule has 11 heteroatoms. The Bertz CT molecular complexity index is 1380. The maximum absolute atomic E-state index is 14.1. The number of benzene rings is 2. The average molecular weight is 604 g/mol. The van der Waals surface area contributed by atoms with E-state index in [0.29, 0.717) is 49.5 Å². The number of methoxy groups -OCH3 is 1. The number of hydrogen-bond acceptors (Lipinski definition) is 8. The Hall–Kier alpha value is -3.31. The zero-order valence-corrected chi connectivity index (χ0v) is 23.7. The lowest BCUT2D eigenvalue weighted by Crippen LogP contribution is -2.29. The minimum Gasteiger partial charge on any atom is -0.493 e. The number of halogens is 2. The fourth-order valence-electron chi connectivity index (χ4n) is 3.97. The second-order valence-corrected chi connectivity index (χ2v) is 10.3. The standard InChI is InChI=1S/C27H28BrFN4O4S/c1-5-11-36-25(34)22-16(3)30-26-31-27(38-12-6-2)32-33(26)23(22)18-13-19(28)24(21(14-18)35-4)37-15-17-9-7-8-10-20(17)29/h5,7-10,13-14,23H,1,6,11-12,15H2,2-4H3,(H,30,31,32). The molecular weight excluding hydrogens is 575 g/mol. The summed E-state index contributed by atoms with van der Waals surface area (Å²) in [5.41, 5.74) is 2.09. The first-order chi connectivity index (χ1) is 18.4. The lowest BCUT2D eigenvalue weighted by atomic mass is 9.95. The molecule has 2 aromatic carbocycles. The van der Waals surface area contributed by atoms with E-state index in [4.69, 9.17) is 19.3 Å². The van der Waals surface area contributed by atoms with Gasteiger partial charge in [-0.2, -0.15) is 4.98 Å². The van der Waals surface area contributed by atoms with Crippen LogP contribution in [0.3, 0.4) is 0 Å². The summed E-state index contributed by atoms with van der Waals surface area (Å²) in [4.78, 5) is 17.8. The van der Waals surface area contributed by atoms with E-state index < -0.39 is 12.0 Å². The van der Waals surface area contributed by atoms with Crippen LogP contribution < -0.4 is 14.8 Å². The van der Waals surface area contributed by atoms with Crippen LogP contribution in [0.25, 0.3) is 0 Å². The van der Waals surface area contributed by atoms with Crippen LogP contribution in [0.15, 0.2) is 70.0 Å². The van der Waals surface area contributed by atoms with Gasteiger partial charge in [-0.05, 0) is 53.0 Å². The number of hydrogen-bond donors (Lipinski definition) is 1. The molecular formula is C27H28BrFN4O4S. The average Bonchev–Trinajstić information content (AvgIpc) is 3.31. The molecule has 0 spiro atoms. The van der Waals surface area contributed by atoms with E-state index >= 15 is 0 Å². The van der Waals surface area contributed by atoms with Crippen molar-refractivity contribution in [3.8, 4) is 11.5 Å². The molecule has 1 aliphatic heterocycles. The summed E-state index contributed by atoms with van der Waals surface area (Å²) < 4.78 is 33.4. The van der Waals surface area contributed by atoms with Crippen molar-refractivity contribution in [2.45, 2.75) is 38.1 Å². The van der Waals surface area contributed by atoms with Crippen molar-refractivity contribution in [1.82, 2.24) is 14.8 Å². The van der Waals surface area contributed by atoms with Crippen molar-refractivity contribution in [3.05, 3.63) is 81.7 Å². The van der Waals surface area contributed by atoms with E-state index in [1.165, 1.54) is 31.0 Å². The molecule has 1 N–H and O–H groups in total. The fourth-order valence-corrected chi connectivity index (χ4v) is 5.23. The van der Waals surface area contributed by atoms with Crippen molar-refractivity contribution < 1.29 is 23.4 Å². The van der Waals surface area contributed by atoms with Gasteiger partial charge in [-0.25, -0.2) is 13.9 Å². The largest absolute Gasteiger partial charge is 0.493 e. The molecule has 0 saturated carbocycles. The molecule has 1 aromatic heterocycles. The number of allylic oxidation sites excluding steroid dienone is 1. The van der Waals surface area contributed by atoms with Crippen molar-refractivity contribution in [2.75, 3.05) is 24.8 Å². The SMILES string of the molecule is C=CCOC(=O)C1=C(C)Nc2nc(SCCC)nn2C1c1cc(Br)c(OCc2ccccc2F)c(OC)c1. The fraction of sp³-hybridized carbons (Fsp3) is 0.296. The molecule has 0 amide bonds. The van der Waals surface area contributed by atoms with Gasteiger partial charge in [0.15, 0.2) is 11.5 Å². The maximum Gasteiger partial charge on any atom is 0.338 e. The molecule has 200 valence electrons. The maximum atomic E-state index is 14.1. The lowest BCUT2D eigenvalue weighted by Gasteiger charge is -2.28. The topological polar surface area (TPSA) is 87.5 Å². The van der Waals surface area contributed by atoms with Gasteiger partial charge < -0.3 is 19.5 Å². The van der Waals surface area contributed by atoms with Gasteiger partial charge in [0.2, 0.25) is 11.1 Å². The summed E-state index contributed by atoms with van der Waals surface area (Å²) in [5, 5.41) is 8.49. The Morgan fingerprint density at radius 3 is 2.84 bits per heavy atom. The van der Waals surface area contributed by atoms with Crippen LogP contribution in [-0.2, 0) is 16.1 Å². The molecule has 8 nitrogen and oxygen atoms in total. The number of esters is 1. The molecule has 3 aromatic rings. The second-order valence-electron chi connectivity index (χ2n) is 8.38. The molecule has 1 atom stereocenters. The van der Waals surface area contributed by atoms with Crippen molar-refractivity contribution in [3.63, 3.8) is 0 Å². The quantitative estimate of drug-likeness (QED) is 0.156. The van der Waals surface area contributed by atoms with Crippen LogP contribution in [0.1, 0.15) is 37.4 Å². The van der Waals surface area contributed by atoms with Gasteiger partial charge in [-0.3, -0.25) is 0 Å². The minimum atomic E-state index is -0.655. The van der Waals surface area contributed by atoms with Gasteiger partial charge >= 0.3 is 5.97 Å². The van der Waals surface area contributed by atoms with Gasteiger partial charge in [0.1, 0.15) is 25.1 Å². The molecule has 0 fully saturated rings. The monoisotopic (exact) mass is 602 g/mol. The van der Waals surface area contributed by atoms with E-state index in [9.17, 15) is 9.18 Å². The predicted molar refractivity (Wildman–Crippen MR) is 148 cm³/mol. The van der Waals surface area contributed by atoms with Crippen LogP contribution in [0, 0.1) is 5.82 Å². The highest BCUT2D eigenvalue weighted by molar-refractivity contribution is 9.10. The minimum absolute atomic E-state index is 0.0116. The molecule has 0 aliphatic carbocycles. The molecule has 2 heterocycles. The summed E-state index contributed by atoms with van der Waals surface area (Å²) in [7, 11) is 1.52. The first kappa shape index (κ1) is 27.7. The van der Waals surface area contributed by atoms with Crippen LogP contribution in [0.5, 0.6) is 11.5 Å². The highest BCUT2D eigenvalue weighted by Gasteiger charge is 2.36. The third-order valence-corrected chi connectivity index (χ3v) is 7.35. The molecule has 1 unspecified atom stereocenters. The number of anilines is 1. The van der Waals surface area contributed by atoms with Crippen molar-refractivity contribution in [2.24, 2.45) is 0 Å². The Balaban J connectivity index is 1.76. The van der Waals surface area contributed by atoms with Gasteiger partial charge in [0, 0.05) is 17.0 Å². The van der Waals surface area contributed by atoms with Gasteiger partial charge in [-0.1, -0.05) is 49.5 Å². The number of thioether (sulfide) groups is 1. The smallest absolute Gasteiger partial charge is 0.338 e. The number of carbonyl (C=O) groups excluding carboxylic acids is 1. The van der Waals surface area contributed by atoms with Crippen LogP contribution in [0.4, 0.5) is 10.3 Å². The summed E-state index contributed by atoms with van der Waals surface area (Å²) in [6.07, 6.45) is 2.49. The zero-order valence-electron chi connectivity index (χ0n) is 21.3. The Morgan fingerprint density at radius 2 is 2.13 bits per heavy atom. The van der Waals surface area contributed by atoms with Crippen molar-refractivity contribution >= 4 is 39.6 Å². The van der Waals surface area contributed by atoms with Crippen LogP contribution >= 0.6 is 27.7 Å². The summed E-state index contributed by atoms with van der Waals surface area (Å²) in [6, 6.07) is 9.37. The van der Waals surface area contributed by atoms with Gasteiger partial charge in [0.05, 0.1) is 17.2 Å². The summed E-state index contributed by atoms with van der Waals surface area (Å²) in [5.74, 6) is 1.33. The highest BCUT2D eigenvalue weighted by atomic mass is 79.9. The number of nitrogens with zero attached hydrogens (tertiary/aromatic N) is 3. The third kappa shape index (κ3) is 5.88. The molecule has 0 bridgehead atoms. The summed E-state index contributed by atoms with van der Waals surface area (Å²) in [6.45, 7) is 7.60. The first-order valence-electron chi connectivity index (χ1n) is 12.0. The third-order valence-electron chi connectivity index (χ3n) is 5.72. The Morgan fingerprint density at radius 1 is 1.34 bits per heavy atom. The number of nitrogens with one attached hydrogen (secondary N) is 1. The number of aromatic nitrogens is 3. The van der Waals surface area contributed by atoms with E-state index in [2.05, 4.69) is 39.7 Å². The van der Waals surface area contributed by atoms with E-state index in [0.717, 1.165) is 12.2 Å². The normalized spacial score (nSPS) is 14.5. The molecule has 4 rings (SSSR count). The van der Waals surface area contributed by atoms with Crippen LogP contribution in [0.2, 0.25) is 0 Å². The van der Waals surface area contributed by atoms with Crippen LogP contribution in [-0.4, -0.2) is 40.2 Å². The van der Waals surface area contributed by atoms with Crippen molar-refractivity contribution in [1.29, 1.82) is 0 Å². The van der Waals surface area contributed by atoms with E-state index in [1.807, 2.05) is 6.07 Å². The van der Waals surface area contributed by atoms with Gasteiger partial charge in [0.25, 0.3) is 0 Å². The second kappa shape index (κ2) is 12.5. The van der Waals surface area contributed by atoms with Gasteiger partial charge in [-0.15, -0.1) is 5.10 Å². The number of carbonyl (C=O) groups is 1. The first-order valence-corrected chi connectivity index (χ1v) is 13.7. The van der Waals surface area contributed by atoms with E-state index in [-0.39, 0.29) is 19.0 Å².